The molecule has 2 aromatic rings. The van der Waals surface area contributed by atoms with Gasteiger partial charge in [0.25, 0.3) is 0 Å². The molecule has 0 aliphatic rings. The number of nitrogen functional groups attached to an aromatic ring is 1. The van der Waals surface area contributed by atoms with E-state index in [1.807, 2.05) is 20.8 Å². The molecule has 0 fully saturated rings. The van der Waals surface area contributed by atoms with Gasteiger partial charge in [-0.1, -0.05) is 20.8 Å². The van der Waals surface area contributed by atoms with Gasteiger partial charge in [-0.2, -0.15) is 0 Å². The van der Waals surface area contributed by atoms with Gasteiger partial charge in [0.2, 0.25) is 0 Å². The summed E-state index contributed by atoms with van der Waals surface area (Å²) in [6.45, 7) is 5.57. The van der Waals surface area contributed by atoms with Crippen LogP contribution in [-0.2, 0) is 5.41 Å². The second-order valence-electron chi connectivity index (χ2n) is 5.33. The number of anilines is 1. The highest BCUT2D eigenvalue weighted by molar-refractivity contribution is 5.92. The van der Waals surface area contributed by atoms with E-state index in [1.165, 1.54) is 6.07 Å². The van der Waals surface area contributed by atoms with Crippen molar-refractivity contribution in [2.24, 2.45) is 5.84 Å². The van der Waals surface area contributed by atoms with Crippen LogP contribution < -0.4 is 11.3 Å². The molecule has 0 bridgehead atoms. The number of rotatable bonds is 1. The number of hydrogen-bond donors (Lipinski definition) is 2. The minimum absolute atomic E-state index is 0.158. The summed E-state index contributed by atoms with van der Waals surface area (Å²) in [5.74, 6) is 1.96. The molecule has 0 unspecified atom stereocenters. The zero-order valence-corrected chi connectivity index (χ0v) is 10.8. The van der Waals surface area contributed by atoms with Crippen molar-refractivity contribution in [1.82, 2.24) is 4.98 Å². The van der Waals surface area contributed by atoms with E-state index >= 15 is 0 Å². The number of aromatic nitrogens is 1. The van der Waals surface area contributed by atoms with Gasteiger partial charge in [-0.05, 0) is 6.07 Å². The topological polar surface area (TPSA) is 50.9 Å². The van der Waals surface area contributed by atoms with Crippen LogP contribution in [0.2, 0.25) is 0 Å². The van der Waals surface area contributed by atoms with E-state index < -0.39 is 22.9 Å². The molecular formula is C13H14F3N3. The lowest BCUT2D eigenvalue weighted by Gasteiger charge is -2.20. The summed E-state index contributed by atoms with van der Waals surface area (Å²) in [6.07, 6.45) is 0. The number of nitrogens with two attached hydrogens (primary N) is 1. The van der Waals surface area contributed by atoms with Crippen molar-refractivity contribution >= 4 is 16.6 Å². The second kappa shape index (κ2) is 4.38. The molecule has 0 radical (unpaired) electrons. The molecule has 0 saturated carbocycles. The Kier molecular flexibility index (Phi) is 3.14. The Hall–Kier alpha value is -1.82. The molecule has 0 atom stereocenters. The molecule has 3 nitrogen and oxygen atoms in total. The van der Waals surface area contributed by atoms with Crippen LogP contribution in [-0.4, -0.2) is 4.98 Å². The first-order valence-corrected chi connectivity index (χ1v) is 5.71. The molecule has 1 aromatic carbocycles. The Labute approximate surface area is 108 Å². The van der Waals surface area contributed by atoms with Crippen molar-refractivity contribution in [3.63, 3.8) is 0 Å². The fourth-order valence-corrected chi connectivity index (χ4v) is 1.80. The summed E-state index contributed by atoms with van der Waals surface area (Å²) in [6, 6.07) is 2.01. The van der Waals surface area contributed by atoms with E-state index in [1.54, 1.807) is 0 Å². The van der Waals surface area contributed by atoms with Crippen LogP contribution >= 0.6 is 0 Å². The highest BCUT2D eigenvalue weighted by Crippen LogP contribution is 2.32. The van der Waals surface area contributed by atoms with Crippen molar-refractivity contribution in [2.45, 2.75) is 26.2 Å². The maximum atomic E-state index is 13.8. The molecule has 0 aliphatic carbocycles. The lowest BCUT2D eigenvalue weighted by molar-refractivity contribution is 0.502. The molecule has 2 rings (SSSR count). The Morgan fingerprint density at radius 1 is 1.11 bits per heavy atom. The monoisotopic (exact) mass is 269 g/mol. The summed E-state index contributed by atoms with van der Waals surface area (Å²) in [5, 5.41) is -0.158. The van der Waals surface area contributed by atoms with Gasteiger partial charge in [0.1, 0.15) is 11.3 Å². The third-order valence-electron chi connectivity index (χ3n) is 2.85. The van der Waals surface area contributed by atoms with Crippen molar-refractivity contribution < 1.29 is 13.2 Å². The Balaban J connectivity index is 2.93. The van der Waals surface area contributed by atoms with Gasteiger partial charge in [0.05, 0.1) is 11.1 Å². The smallest absolute Gasteiger partial charge is 0.185 e. The van der Waals surface area contributed by atoms with E-state index in [2.05, 4.69) is 10.4 Å². The number of hydrazine groups is 1. The molecule has 19 heavy (non-hydrogen) atoms. The van der Waals surface area contributed by atoms with E-state index in [-0.39, 0.29) is 16.6 Å². The number of nitrogens with zero attached hydrogens (tertiary/aromatic N) is 1. The van der Waals surface area contributed by atoms with Gasteiger partial charge < -0.3 is 5.43 Å². The molecule has 6 heteroatoms. The summed E-state index contributed by atoms with van der Waals surface area (Å²) >= 11 is 0. The Morgan fingerprint density at radius 3 is 2.26 bits per heavy atom. The molecule has 1 heterocycles. The number of fused-ring (bicyclic) bond motifs is 1. The molecule has 3 N–H and O–H groups in total. The minimum atomic E-state index is -1.27. The van der Waals surface area contributed by atoms with Crippen molar-refractivity contribution in [3.05, 3.63) is 35.3 Å². The fraction of sp³-hybridized carbons (Fsp3) is 0.308. The van der Waals surface area contributed by atoms with Crippen molar-refractivity contribution in [2.75, 3.05) is 5.43 Å². The predicted molar refractivity (Wildman–Crippen MR) is 68.1 cm³/mol. The van der Waals surface area contributed by atoms with E-state index in [0.717, 1.165) is 0 Å². The molecule has 102 valence electrons. The number of nitrogens with one attached hydrogen (secondary N) is 1. The van der Waals surface area contributed by atoms with Gasteiger partial charge in [0, 0.05) is 17.2 Å². The summed E-state index contributed by atoms with van der Waals surface area (Å²) < 4.78 is 40.8. The van der Waals surface area contributed by atoms with Crippen LogP contribution in [0.3, 0.4) is 0 Å². The minimum Gasteiger partial charge on any atom is -0.323 e. The first kappa shape index (κ1) is 13.6. The third kappa shape index (κ3) is 2.23. The zero-order chi connectivity index (χ0) is 14.4. The van der Waals surface area contributed by atoms with Gasteiger partial charge in [-0.15, -0.1) is 0 Å². The molecule has 0 amide bonds. The van der Waals surface area contributed by atoms with Crippen LogP contribution in [0, 0.1) is 17.5 Å². The normalized spacial score (nSPS) is 11.9. The van der Waals surface area contributed by atoms with Crippen LogP contribution in [0.4, 0.5) is 18.9 Å². The highest BCUT2D eigenvalue weighted by atomic mass is 19.2. The standard InChI is InChI=1S/C13H14F3N3/c1-13(2,3)9-5-8(19-17)10-6(14)4-7(15)11(16)12(10)18-9/h4-5H,17H2,1-3H3,(H,18,19). The number of pyridine rings is 1. The maximum Gasteiger partial charge on any atom is 0.185 e. The van der Waals surface area contributed by atoms with Crippen LogP contribution in [0.15, 0.2) is 12.1 Å². The predicted octanol–water partition coefficient (Wildman–Crippen LogP) is 3.24. The average molecular weight is 269 g/mol. The van der Waals surface area contributed by atoms with Crippen molar-refractivity contribution in [3.8, 4) is 0 Å². The average Bonchev–Trinajstić information content (AvgIpc) is 2.33. The Bertz CT molecular complexity index is 648. The summed E-state index contributed by atoms with van der Waals surface area (Å²) in [7, 11) is 0. The van der Waals surface area contributed by atoms with Gasteiger partial charge in [0.15, 0.2) is 11.6 Å². The van der Waals surface area contributed by atoms with E-state index in [9.17, 15) is 13.2 Å². The quantitative estimate of drug-likeness (QED) is 0.474. The second-order valence-corrected chi connectivity index (χ2v) is 5.33. The van der Waals surface area contributed by atoms with E-state index in [0.29, 0.717) is 11.8 Å². The third-order valence-corrected chi connectivity index (χ3v) is 2.85. The van der Waals surface area contributed by atoms with Crippen LogP contribution in [0.5, 0.6) is 0 Å². The van der Waals surface area contributed by atoms with Crippen LogP contribution in [0.25, 0.3) is 10.9 Å². The van der Waals surface area contributed by atoms with Gasteiger partial charge in [-0.25, -0.2) is 18.2 Å². The van der Waals surface area contributed by atoms with Gasteiger partial charge in [-0.3, -0.25) is 5.84 Å². The summed E-state index contributed by atoms with van der Waals surface area (Å²) in [5.41, 5.74) is 2.19. The fourth-order valence-electron chi connectivity index (χ4n) is 1.80. The first-order valence-electron chi connectivity index (χ1n) is 5.71. The Morgan fingerprint density at radius 2 is 1.74 bits per heavy atom. The number of hydrogen-bond acceptors (Lipinski definition) is 3. The molecule has 0 spiro atoms. The molecule has 1 aromatic heterocycles. The van der Waals surface area contributed by atoms with E-state index in [4.69, 9.17) is 5.84 Å². The number of halogens is 3. The highest BCUT2D eigenvalue weighted by Gasteiger charge is 2.22. The SMILES string of the molecule is CC(C)(C)c1cc(NN)c2c(F)cc(F)c(F)c2n1. The molecular weight excluding hydrogens is 255 g/mol. The lowest BCUT2D eigenvalue weighted by atomic mass is 9.90. The first-order chi connectivity index (χ1) is 8.75. The largest absolute Gasteiger partial charge is 0.323 e. The summed E-state index contributed by atoms with van der Waals surface area (Å²) in [4.78, 5) is 4.03. The number of benzene rings is 1. The van der Waals surface area contributed by atoms with Gasteiger partial charge >= 0.3 is 0 Å². The molecule has 0 aliphatic heterocycles. The molecule has 0 saturated heterocycles. The lowest BCUT2D eigenvalue weighted by Crippen LogP contribution is -2.17. The maximum absolute atomic E-state index is 13.8. The zero-order valence-electron chi connectivity index (χ0n) is 10.8. The van der Waals surface area contributed by atoms with Crippen LogP contribution in [0.1, 0.15) is 26.5 Å². The van der Waals surface area contributed by atoms with Crippen molar-refractivity contribution in [1.29, 1.82) is 0 Å².